The van der Waals surface area contributed by atoms with E-state index in [4.69, 9.17) is 4.74 Å². The minimum atomic E-state index is 0.0596. The zero-order valence-corrected chi connectivity index (χ0v) is 15.6. The molecule has 1 amide bonds. The van der Waals surface area contributed by atoms with Gasteiger partial charge >= 0.3 is 0 Å². The van der Waals surface area contributed by atoms with Crippen molar-refractivity contribution in [2.75, 3.05) is 13.1 Å². The van der Waals surface area contributed by atoms with Gasteiger partial charge in [0, 0.05) is 49.0 Å². The van der Waals surface area contributed by atoms with E-state index in [0.717, 1.165) is 29.5 Å². The van der Waals surface area contributed by atoms with Crippen LogP contribution in [0.4, 0.5) is 0 Å². The summed E-state index contributed by atoms with van der Waals surface area (Å²) in [6, 6.07) is 11.6. The SMILES string of the molecule is O=C(c1cccc(-c2cncnc2)c1)N1CCC(OCc2cccnc2)CC1. The number of pyridine rings is 1. The Labute approximate surface area is 164 Å². The highest BCUT2D eigenvalue weighted by Crippen LogP contribution is 2.21. The van der Waals surface area contributed by atoms with E-state index in [0.29, 0.717) is 25.3 Å². The first kappa shape index (κ1) is 18.3. The van der Waals surface area contributed by atoms with Crippen molar-refractivity contribution in [3.8, 4) is 11.1 Å². The summed E-state index contributed by atoms with van der Waals surface area (Å²) in [6.45, 7) is 1.97. The summed E-state index contributed by atoms with van der Waals surface area (Å²) in [5, 5.41) is 0. The van der Waals surface area contributed by atoms with Gasteiger partial charge < -0.3 is 9.64 Å². The lowest BCUT2D eigenvalue weighted by Crippen LogP contribution is -2.40. The first-order chi connectivity index (χ1) is 13.8. The Hall–Kier alpha value is -3.12. The summed E-state index contributed by atoms with van der Waals surface area (Å²) in [6.07, 6.45) is 10.5. The summed E-state index contributed by atoms with van der Waals surface area (Å²) < 4.78 is 5.99. The lowest BCUT2D eigenvalue weighted by atomic mass is 10.0. The maximum atomic E-state index is 12.9. The van der Waals surface area contributed by atoms with Gasteiger partial charge in [-0.25, -0.2) is 9.97 Å². The van der Waals surface area contributed by atoms with Crippen molar-refractivity contribution in [2.45, 2.75) is 25.6 Å². The number of hydrogen-bond donors (Lipinski definition) is 0. The van der Waals surface area contributed by atoms with Gasteiger partial charge in [0.15, 0.2) is 0 Å². The fourth-order valence-electron chi connectivity index (χ4n) is 3.39. The van der Waals surface area contributed by atoms with Crippen molar-refractivity contribution in [3.05, 3.63) is 78.6 Å². The van der Waals surface area contributed by atoms with Gasteiger partial charge in [0.25, 0.3) is 5.91 Å². The van der Waals surface area contributed by atoms with Gasteiger partial charge in [0.2, 0.25) is 0 Å². The average Bonchev–Trinajstić information content (AvgIpc) is 2.79. The number of nitrogens with zero attached hydrogens (tertiary/aromatic N) is 4. The van der Waals surface area contributed by atoms with E-state index in [-0.39, 0.29) is 12.0 Å². The third-order valence-corrected chi connectivity index (χ3v) is 4.94. The van der Waals surface area contributed by atoms with Crippen molar-refractivity contribution < 1.29 is 9.53 Å². The Balaban J connectivity index is 1.34. The van der Waals surface area contributed by atoms with E-state index in [9.17, 15) is 4.79 Å². The smallest absolute Gasteiger partial charge is 0.253 e. The van der Waals surface area contributed by atoms with E-state index >= 15 is 0 Å². The summed E-state index contributed by atoms with van der Waals surface area (Å²) in [5.41, 5.74) is 3.61. The van der Waals surface area contributed by atoms with Crippen LogP contribution in [0.1, 0.15) is 28.8 Å². The minimum absolute atomic E-state index is 0.0596. The van der Waals surface area contributed by atoms with Crippen LogP contribution < -0.4 is 0 Å². The fraction of sp³-hybridized carbons (Fsp3) is 0.273. The van der Waals surface area contributed by atoms with Gasteiger partial charge in [-0.15, -0.1) is 0 Å². The van der Waals surface area contributed by atoms with E-state index < -0.39 is 0 Å². The Morgan fingerprint density at radius 1 is 1.00 bits per heavy atom. The van der Waals surface area contributed by atoms with Crippen molar-refractivity contribution in [3.63, 3.8) is 0 Å². The summed E-state index contributed by atoms with van der Waals surface area (Å²) in [5.74, 6) is 0.0596. The number of hydrogen-bond acceptors (Lipinski definition) is 5. The number of amides is 1. The van der Waals surface area contributed by atoms with Gasteiger partial charge in [0.1, 0.15) is 6.33 Å². The van der Waals surface area contributed by atoms with E-state index in [1.165, 1.54) is 6.33 Å². The summed E-state index contributed by atoms with van der Waals surface area (Å²) in [4.78, 5) is 27.0. The normalized spacial score (nSPS) is 14.8. The standard InChI is InChI=1S/C22H22N4O2/c27-22(19-5-1-4-18(11-19)20-13-24-16-25-14-20)26-9-6-21(7-10-26)28-15-17-3-2-8-23-12-17/h1-5,8,11-14,16,21H,6-7,9-10,15H2. The largest absolute Gasteiger partial charge is 0.373 e. The molecule has 1 fully saturated rings. The predicted octanol–water partition coefficient (Wildman–Crippen LogP) is 3.36. The number of ether oxygens (including phenoxy) is 1. The number of carbonyl (C=O) groups is 1. The molecule has 4 rings (SSSR count). The molecule has 2 aromatic heterocycles. The summed E-state index contributed by atoms with van der Waals surface area (Å²) in [7, 11) is 0. The van der Waals surface area contributed by atoms with Crippen LogP contribution in [0.3, 0.4) is 0 Å². The number of likely N-dealkylation sites (tertiary alicyclic amines) is 1. The molecule has 0 atom stereocenters. The molecule has 0 spiro atoms. The lowest BCUT2D eigenvalue weighted by molar-refractivity contribution is -0.000467. The fourth-order valence-corrected chi connectivity index (χ4v) is 3.39. The molecule has 6 nitrogen and oxygen atoms in total. The zero-order chi connectivity index (χ0) is 19.2. The molecule has 1 aliphatic heterocycles. The van der Waals surface area contributed by atoms with Crippen LogP contribution in [0.15, 0.2) is 67.5 Å². The monoisotopic (exact) mass is 374 g/mol. The maximum Gasteiger partial charge on any atom is 0.253 e. The highest BCUT2D eigenvalue weighted by Gasteiger charge is 2.24. The highest BCUT2D eigenvalue weighted by atomic mass is 16.5. The van der Waals surface area contributed by atoms with Crippen LogP contribution in [0.5, 0.6) is 0 Å². The van der Waals surface area contributed by atoms with Crippen molar-refractivity contribution in [1.29, 1.82) is 0 Å². The Kier molecular flexibility index (Phi) is 5.68. The maximum absolute atomic E-state index is 12.9. The molecule has 3 aromatic rings. The van der Waals surface area contributed by atoms with E-state index in [1.54, 1.807) is 18.6 Å². The molecule has 0 bridgehead atoms. The third kappa shape index (κ3) is 4.40. The molecule has 0 saturated carbocycles. The zero-order valence-electron chi connectivity index (χ0n) is 15.6. The van der Waals surface area contributed by atoms with Gasteiger partial charge in [-0.3, -0.25) is 9.78 Å². The van der Waals surface area contributed by atoms with Crippen LogP contribution >= 0.6 is 0 Å². The first-order valence-electron chi connectivity index (χ1n) is 9.45. The highest BCUT2D eigenvalue weighted by molar-refractivity contribution is 5.95. The minimum Gasteiger partial charge on any atom is -0.373 e. The Morgan fingerprint density at radius 2 is 1.82 bits per heavy atom. The molecule has 142 valence electrons. The Morgan fingerprint density at radius 3 is 2.57 bits per heavy atom. The van der Waals surface area contributed by atoms with Gasteiger partial charge in [0.05, 0.1) is 12.7 Å². The van der Waals surface area contributed by atoms with Crippen LogP contribution in [0.25, 0.3) is 11.1 Å². The van der Waals surface area contributed by atoms with E-state index in [1.807, 2.05) is 47.5 Å². The predicted molar refractivity (Wildman–Crippen MR) is 105 cm³/mol. The third-order valence-electron chi connectivity index (χ3n) is 4.94. The number of rotatable bonds is 5. The molecule has 1 aliphatic rings. The second kappa shape index (κ2) is 8.71. The average molecular weight is 374 g/mol. The van der Waals surface area contributed by atoms with Crippen LogP contribution in [0, 0.1) is 0 Å². The molecule has 0 radical (unpaired) electrons. The van der Waals surface area contributed by atoms with Crippen LogP contribution in [-0.2, 0) is 11.3 Å². The molecule has 6 heteroatoms. The van der Waals surface area contributed by atoms with Crippen molar-refractivity contribution >= 4 is 5.91 Å². The lowest BCUT2D eigenvalue weighted by Gasteiger charge is -2.32. The molecule has 0 unspecified atom stereocenters. The molecule has 1 aromatic carbocycles. The number of carbonyl (C=O) groups excluding carboxylic acids is 1. The number of piperidine rings is 1. The molecular formula is C22H22N4O2. The molecule has 0 N–H and O–H groups in total. The second-order valence-electron chi connectivity index (χ2n) is 6.87. The molecule has 3 heterocycles. The van der Waals surface area contributed by atoms with Gasteiger partial charge in [-0.2, -0.15) is 0 Å². The molecule has 0 aliphatic carbocycles. The summed E-state index contributed by atoms with van der Waals surface area (Å²) >= 11 is 0. The van der Waals surface area contributed by atoms with Crippen molar-refractivity contribution in [2.24, 2.45) is 0 Å². The van der Waals surface area contributed by atoms with Crippen molar-refractivity contribution in [1.82, 2.24) is 19.9 Å². The Bertz CT molecular complexity index is 910. The van der Waals surface area contributed by atoms with E-state index in [2.05, 4.69) is 15.0 Å². The topological polar surface area (TPSA) is 68.2 Å². The molecular weight excluding hydrogens is 352 g/mol. The molecule has 28 heavy (non-hydrogen) atoms. The number of benzene rings is 1. The van der Waals surface area contributed by atoms with Crippen LogP contribution in [-0.4, -0.2) is 45.0 Å². The van der Waals surface area contributed by atoms with Crippen LogP contribution in [0.2, 0.25) is 0 Å². The first-order valence-corrected chi connectivity index (χ1v) is 9.45. The molecule has 1 saturated heterocycles. The number of aromatic nitrogens is 3. The second-order valence-corrected chi connectivity index (χ2v) is 6.87. The quantitative estimate of drug-likeness (QED) is 0.685. The van der Waals surface area contributed by atoms with Gasteiger partial charge in [-0.05, 0) is 42.2 Å². The van der Waals surface area contributed by atoms with Gasteiger partial charge in [-0.1, -0.05) is 18.2 Å².